The second kappa shape index (κ2) is 7.22. The van der Waals surface area contributed by atoms with Crippen LogP contribution in [0.4, 0.5) is 0 Å². The molecule has 1 rings (SSSR count). The van der Waals surface area contributed by atoms with Crippen molar-refractivity contribution >= 4 is 23.2 Å². The van der Waals surface area contributed by atoms with Crippen molar-refractivity contribution < 1.29 is 5.11 Å². The molecule has 4 heteroatoms. The Morgan fingerprint density at radius 3 is 2.59 bits per heavy atom. The standard InChI is InChI=1S/C13H19Cl2NO/c1-9(2)13(5-6-17)16-8-10-7-11(14)3-4-12(10)15/h3-4,7,9,13,16-17H,5-6,8H2,1-2H3. The third-order valence-electron chi connectivity index (χ3n) is 2.81. The Balaban J connectivity index is 2.61. The maximum Gasteiger partial charge on any atom is 0.0451 e. The molecule has 1 aromatic rings. The van der Waals surface area contributed by atoms with Crippen LogP contribution in [0.25, 0.3) is 0 Å². The molecule has 0 aliphatic rings. The summed E-state index contributed by atoms with van der Waals surface area (Å²) >= 11 is 12.0. The Kier molecular flexibility index (Phi) is 6.28. The van der Waals surface area contributed by atoms with Crippen molar-refractivity contribution in [2.24, 2.45) is 5.92 Å². The van der Waals surface area contributed by atoms with Gasteiger partial charge in [-0.1, -0.05) is 37.0 Å². The fraction of sp³-hybridized carbons (Fsp3) is 0.538. The van der Waals surface area contributed by atoms with Crippen molar-refractivity contribution in [1.82, 2.24) is 5.32 Å². The van der Waals surface area contributed by atoms with E-state index in [2.05, 4.69) is 19.2 Å². The van der Waals surface area contributed by atoms with Gasteiger partial charge in [-0.25, -0.2) is 0 Å². The van der Waals surface area contributed by atoms with E-state index in [-0.39, 0.29) is 12.6 Å². The van der Waals surface area contributed by atoms with Crippen LogP contribution in [-0.4, -0.2) is 17.8 Å². The van der Waals surface area contributed by atoms with Crippen molar-refractivity contribution in [2.75, 3.05) is 6.61 Å². The average molecular weight is 276 g/mol. The van der Waals surface area contributed by atoms with Gasteiger partial charge in [0.1, 0.15) is 0 Å². The molecule has 1 atom stereocenters. The Labute approximate surface area is 113 Å². The summed E-state index contributed by atoms with van der Waals surface area (Å²) in [5.74, 6) is 0.472. The summed E-state index contributed by atoms with van der Waals surface area (Å²) in [4.78, 5) is 0. The van der Waals surface area contributed by atoms with Gasteiger partial charge in [0.25, 0.3) is 0 Å². The molecule has 0 aromatic heterocycles. The molecule has 0 aliphatic carbocycles. The monoisotopic (exact) mass is 275 g/mol. The predicted molar refractivity (Wildman–Crippen MR) is 73.6 cm³/mol. The summed E-state index contributed by atoms with van der Waals surface area (Å²) in [6.45, 7) is 5.13. The summed E-state index contributed by atoms with van der Waals surface area (Å²) in [5.41, 5.74) is 0.989. The predicted octanol–water partition coefficient (Wildman–Crippen LogP) is 3.49. The van der Waals surface area contributed by atoms with Crippen LogP contribution in [0.3, 0.4) is 0 Å². The zero-order valence-corrected chi connectivity index (χ0v) is 11.7. The second-order valence-electron chi connectivity index (χ2n) is 4.48. The molecule has 96 valence electrons. The minimum absolute atomic E-state index is 0.194. The number of aliphatic hydroxyl groups is 1. The molecule has 1 aromatic carbocycles. The van der Waals surface area contributed by atoms with Gasteiger partial charge in [0, 0.05) is 29.2 Å². The molecule has 0 saturated carbocycles. The minimum Gasteiger partial charge on any atom is -0.396 e. The molecular formula is C13H19Cl2NO. The van der Waals surface area contributed by atoms with Crippen molar-refractivity contribution in [2.45, 2.75) is 32.9 Å². The summed E-state index contributed by atoms with van der Waals surface area (Å²) in [7, 11) is 0. The molecular weight excluding hydrogens is 257 g/mol. The van der Waals surface area contributed by atoms with Gasteiger partial charge in [-0.15, -0.1) is 0 Å². The van der Waals surface area contributed by atoms with E-state index in [9.17, 15) is 0 Å². The van der Waals surface area contributed by atoms with Crippen molar-refractivity contribution in [1.29, 1.82) is 0 Å². The second-order valence-corrected chi connectivity index (χ2v) is 5.32. The Morgan fingerprint density at radius 1 is 1.29 bits per heavy atom. The number of hydrogen-bond acceptors (Lipinski definition) is 2. The molecule has 0 spiro atoms. The molecule has 0 saturated heterocycles. The normalized spacial score (nSPS) is 13.1. The van der Waals surface area contributed by atoms with Gasteiger partial charge in [-0.05, 0) is 36.1 Å². The maximum atomic E-state index is 8.99. The summed E-state index contributed by atoms with van der Waals surface area (Å²) in [5, 5.41) is 13.8. The van der Waals surface area contributed by atoms with E-state index in [1.54, 1.807) is 12.1 Å². The molecule has 0 amide bonds. The Hall–Kier alpha value is -0.280. The fourth-order valence-corrected chi connectivity index (χ4v) is 2.11. The molecule has 2 nitrogen and oxygen atoms in total. The van der Waals surface area contributed by atoms with E-state index in [1.807, 2.05) is 6.07 Å². The van der Waals surface area contributed by atoms with Gasteiger partial charge in [0.2, 0.25) is 0 Å². The van der Waals surface area contributed by atoms with E-state index < -0.39 is 0 Å². The Bertz CT molecular complexity index is 355. The van der Waals surface area contributed by atoms with Gasteiger partial charge in [-0.2, -0.15) is 0 Å². The highest BCUT2D eigenvalue weighted by molar-refractivity contribution is 6.33. The van der Waals surface area contributed by atoms with Crippen LogP contribution in [0.5, 0.6) is 0 Å². The van der Waals surface area contributed by atoms with Crippen LogP contribution in [-0.2, 0) is 6.54 Å². The number of rotatable bonds is 6. The van der Waals surface area contributed by atoms with Gasteiger partial charge in [-0.3, -0.25) is 0 Å². The largest absolute Gasteiger partial charge is 0.396 e. The number of aliphatic hydroxyl groups excluding tert-OH is 1. The minimum atomic E-state index is 0.194. The molecule has 2 N–H and O–H groups in total. The number of benzene rings is 1. The average Bonchev–Trinajstić information content (AvgIpc) is 2.28. The maximum absolute atomic E-state index is 8.99. The zero-order chi connectivity index (χ0) is 12.8. The number of nitrogens with one attached hydrogen (secondary N) is 1. The quantitative estimate of drug-likeness (QED) is 0.833. The molecule has 0 aliphatic heterocycles. The number of halogens is 2. The first-order valence-electron chi connectivity index (χ1n) is 5.82. The highest BCUT2D eigenvalue weighted by atomic mass is 35.5. The van der Waals surface area contributed by atoms with Crippen LogP contribution < -0.4 is 5.32 Å². The summed E-state index contributed by atoms with van der Waals surface area (Å²) in [6, 6.07) is 5.74. The Morgan fingerprint density at radius 2 is 2.00 bits per heavy atom. The topological polar surface area (TPSA) is 32.3 Å². The smallest absolute Gasteiger partial charge is 0.0451 e. The molecule has 0 heterocycles. The van der Waals surface area contributed by atoms with Gasteiger partial charge in [0.15, 0.2) is 0 Å². The zero-order valence-electron chi connectivity index (χ0n) is 10.2. The lowest BCUT2D eigenvalue weighted by molar-refractivity contribution is 0.244. The van der Waals surface area contributed by atoms with Crippen LogP contribution in [0.1, 0.15) is 25.8 Å². The molecule has 17 heavy (non-hydrogen) atoms. The lowest BCUT2D eigenvalue weighted by atomic mass is 10.0. The third-order valence-corrected chi connectivity index (χ3v) is 3.41. The van der Waals surface area contributed by atoms with Gasteiger partial charge in [0.05, 0.1) is 0 Å². The molecule has 0 radical (unpaired) electrons. The van der Waals surface area contributed by atoms with Gasteiger partial charge < -0.3 is 10.4 Å². The van der Waals surface area contributed by atoms with Crippen LogP contribution in [0.2, 0.25) is 10.0 Å². The molecule has 1 unspecified atom stereocenters. The van der Waals surface area contributed by atoms with E-state index in [0.717, 1.165) is 12.0 Å². The SMILES string of the molecule is CC(C)C(CCO)NCc1cc(Cl)ccc1Cl. The van der Waals surface area contributed by atoms with E-state index in [0.29, 0.717) is 22.5 Å². The first kappa shape index (κ1) is 14.8. The molecule has 0 fully saturated rings. The van der Waals surface area contributed by atoms with E-state index >= 15 is 0 Å². The lowest BCUT2D eigenvalue weighted by Crippen LogP contribution is -2.34. The molecule has 0 bridgehead atoms. The van der Waals surface area contributed by atoms with Crippen molar-refractivity contribution in [3.05, 3.63) is 33.8 Å². The van der Waals surface area contributed by atoms with E-state index in [1.165, 1.54) is 0 Å². The van der Waals surface area contributed by atoms with Crippen LogP contribution >= 0.6 is 23.2 Å². The van der Waals surface area contributed by atoms with Crippen LogP contribution in [0.15, 0.2) is 18.2 Å². The van der Waals surface area contributed by atoms with Crippen molar-refractivity contribution in [3.63, 3.8) is 0 Å². The fourth-order valence-electron chi connectivity index (χ4n) is 1.73. The number of hydrogen-bond donors (Lipinski definition) is 2. The first-order chi connectivity index (χ1) is 8.04. The van der Waals surface area contributed by atoms with Crippen LogP contribution in [0, 0.1) is 5.92 Å². The highest BCUT2D eigenvalue weighted by Gasteiger charge is 2.12. The highest BCUT2D eigenvalue weighted by Crippen LogP contribution is 2.21. The lowest BCUT2D eigenvalue weighted by Gasteiger charge is -2.22. The van der Waals surface area contributed by atoms with Crippen molar-refractivity contribution in [3.8, 4) is 0 Å². The van der Waals surface area contributed by atoms with E-state index in [4.69, 9.17) is 28.3 Å². The summed E-state index contributed by atoms with van der Waals surface area (Å²) in [6.07, 6.45) is 0.746. The summed E-state index contributed by atoms with van der Waals surface area (Å²) < 4.78 is 0. The van der Waals surface area contributed by atoms with Gasteiger partial charge >= 0.3 is 0 Å². The first-order valence-corrected chi connectivity index (χ1v) is 6.58. The third kappa shape index (κ3) is 4.84.